The van der Waals surface area contributed by atoms with E-state index in [0.29, 0.717) is 6.61 Å². The molecular formula is C14H17NO3. The van der Waals surface area contributed by atoms with Crippen LogP contribution in [0.2, 0.25) is 0 Å². The highest BCUT2D eigenvalue weighted by molar-refractivity contribution is 5.93. The molecule has 0 aliphatic carbocycles. The molecule has 0 bridgehead atoms. The van der Waals surface area contributed by atoms with Crippen LogP contribution in [0.3, 0.4) is 0 Å². The molecule has 0 aliphatic rings. The summed E-state index contributed by atoms with van der Waals surface area (Å²) in [4.78, 5) is 24.2. The van der Waals surface area contributed by atoms with Gasteiger partial charge in [0.05, 0.1) is 6.61 Å². The maximum absolute atomic E-state index is 11.7. The zero-order valence-electron chi connectivity index (χ0n) is 10.6. The van der Waals surface area contributed by atoms with Gasteiger partial charge in [-0.25, -0.2) is 0 Å². The van der Waals surface area contributed by atoms with E-state index >= 15 is 0 Å². The third-order valence-corrected chi connectivity index (χ3v) is 2.27. The minimum Gasteiger partial charge on any atom is -0.465 e. The first-order chi connectivity index (χ1) is 8.63. The average molecular weight is 247 g/mol. The van der Waals surface area contributed by atoms with Crippen molar-refractivity contribution < 1.29 is 14.3 Å². The van der Waals surface area contributed by atoms with E-state index in [-0.39, 0.29) is 12.5 Å². The lowest BCUT2D eigenvalue weighted by atomic mass is 10.2. The second-order valence-corrected chi connectivity index (χ2v) is 3.74. The van der Waals surface area contributed by atoms with Crippen LogP contribution in [0.4, 0.5) is 0 Å². The molecule has 1 amide bonds. The predicted molar refractivity (Wildman–Crippen MR) is 69.7 cm³/mol. The van der Waals surface area contributed by atoms with Crippen LogP contribution in [0.5, 0.6) is 0 Å². The highest BCUT2D eigenvalue weighted by Gasteiger charge is 2.10. The molecule has 0 radical (unpaired) electrons. The Morgan fingerprint density at radius 1 is 1.28 bits per heavy atom. The van der Waals surface area contributed by atoms with Crippen LogP contribution in [0, 0.1) is 0 Å². The van der Waals surface area contributed by atoms with E-state index < -0.39 is 5.97 Å². The lowest BCUT2D eigenvalue weighted by Gasteiger charge is -2.13. The van der Waals surface area contributed by atoms with Crippen LogP contribution in [-0.4, -0.2) is 37.0 Å². The second-order valence-electron chi connectivity index (χ2n) is 3.74. The fourth-order valence-electron chi connectivity index (χ4n) is 1.34. The summed E-state index contributed by atoms with van der Waals surface area (Å²) >= 11 is 0. The van der Waals surface area contributed by atoms with E-state index in [2.05, 4.69) is 0 Å². The lowest BCUT2D eigenvalue weighted by Crippen LogP contribution is -2.31. The van der Waals surface area contributed by atoms with Crippen molar-refractivity contribution in [1.29, 1.82) is 0 Å². The van der Waals surface area contributed by atoms with Crippen LogP contribution in [0.15, 0.2) is 36.4 Å². The summed E-state index contributed by atoms with van der Waals surface area (Å²) in [6, 6.07) is 9.50. The quantitative estimate of drug-likeness (QED) is 0.588. The molecule has 4 heteroatoms. The number of rotatable bonds is 5. The third-order valence-electron chi connectivity index (χ3n) is 2.27. The third kappa shape index (κ3) is 4.82. The van der Waals surface area contributed by atoms with Gasteiger partial charge in [0, 0.05) is 13.1 Å². The van der Waals surface area contributed by atoms with E-state index in [0.717, 1.165) is 5.56 Å². The first kappa shape index (κ1) is 14.0. The Hall–Kier alpha value is -2.10. The lowest BCUT2D eigenvalue weighted by molar-refractivity contribution is -0.146. The molecule has 0 saturated heterocycles. The van der Waals surface area contributed by atoms with Crippen molar-refractivity contribution in [2.75, 3.05) is 20.2 Å². The van der Waals surface area contributed by atoms with Crippen molar-refractivity contribution in [3.63, 3.8) is 0 Å². The topological polar surface area (TPSA) is 46.6 Å². The van der Waals surface area contributed by atoms with Crippen LogP contribution >= 0.6 is 0 Å². The van der Waals surface area contributed by atoms with Crippen LogP contribution in [-0.2, 0) is 14.3 Å². The Labute approximate surface area is 107 Å². The number of nitrogens with zero attached hydrogens (tertiary/aromatic N) is 1. The maximum atomic E-state index is 11.7. The number of carbonyl (C=O) groups excluding carboxylic acids is 2. The maximum Gasteiger partial charge on any atom is 0.325 e. The molecular weight excluding hydrogens is 230 g/mol. The molecule has 0 spiro atoms. The van der Waals surface area contributed by atoms with Gasteiger partial charge in [0.1, 0.15) is 6.54 Å². The highest BCUT2D eigenvalue weighted by Crippen LogP contribution is 2.01. The molecule has 1 rings (SSSR count). The minimum atomic E-state index is -0.401. The molecule has 96 valence electrons. The first-order valence-electron chi connectivity index (χ1n) is 5.77. The zero-order chi connectivity index (χ0) is 13.4. The van der Waals surface area contributed by atoms with Gasteiger partial charge in [-0.15, -0.1) is 0 Å². The largest absolute Gasteiger partial charge is 0.465 e. The standard InChI is InChI=1S/C14H17NO3/c1-3-18-14(17)11-15(2)13(16)10-9-12-7-5-4-6-8-12/h4-10H,3,11H2,1-2H3. The Morgan fingerprint density at radius 2 is 1.94 bits per heavy atom. The number of likely N-dealkylation sites (N-methyl/N-ethyl adjacent to an activating group) is 1. The Kier molecular flexibility index (Phi) is 5.64. The van der Waals surface area contributed by atoms with Gasteiger partial charge in [-0.05, 0) is 18.6 Å². The molecule has 0 aliphatic heterocycles. The summed E-state index contributed by atoms with van der Waals surface area (Å²) in [6.45, 7) is 2.02. The number of ether oxygens (including phenoxy) is 1. The summed E-state index contributed by atoms with van der Waals surface area (Å²) in [5.74, 6) is -0.631. The zero-order valence-corrected chi connectivity index (χ0v) is 10.6. The summed E-state index contributed by atoms with van der Waals surface area (Å²) in [6.07, 6.45) is 3.15. The van der Waals surface area contributed by atoms with E-state index in [1.54, 1.807) is 20.0 Å². The van der Waals surface area contributed by atoms with Crippen molar-refractivity contribution in [1.82, 2.24) is 4.90 Å². The first-order valence-corrected chi connectivity index (χ1v) is 5.77. The van der Waals surface area contributed by atoms with Crippen LogP contribution < -0.4 is 0 Å². The fraction of sp³-hybridized carbons (Fsp3) is 0.286. The fourth-order valence-corrected chi connectivity index (χ4v) is 1.34. The molecule has 0 unspecified atom stereocenters. The number of esters is 1. The Bertz CT molecular complexity index is 426. The monoisotopic (exact) mass is 247 g/mol. The molecule has 4 nitrogen and oxygen atoms in total. The SMILES string of the molecule is CCOC(=O)CN(C)C(=O)C=Cc1ccccc1. The number of hydrogen-bond acceptors (Lipinski definition) is 3. The van der Waals surface area contributed by atoms with Crippen molar-refractivity contribution in [3.8, 4) is 0 Å². The summed E-state index contributed by atoms with van der Waals surface area (Å²) in [5, 5.41) is 0. The number of amides is 1. The van der Waals surface area contributed by atoms with E-state index in [1.165, 1.54) is 11.0 Å². The van der Waals surface area contributed by atoms with Crippen molar-refractivity contribution in [3.05, 3.63) is 42.0 Å². The van der Waals surface area contributed by atoms with Crippen molar-refractivity contribution >= 4 is 18.0 Å². The smallest absolute Gasteiger partial charge is 0.325 e. The van der Waals surface area contributed by atoms with Gasteiger partial charge in [0.25, 0.3) is 0 Å². The molecule has 0 saturated carbocycles. The van der Waals surface area contributed by atoms with Gasteiger partial charge in [-0.2, -0.15) is 0 Å². The van der Waals surface area contributed by atoms with Gasteiger partial charge >= 0.3 is 5.97 Å². The molecule has 0 fully saturated rings. The number of carbonyl (C=O) groups is 2. The predicted octanol–water partition coefficient (Wildman–Crippen LogP) is 1.72. The van der Waals surface area contributed by atoms with Crippen molar-refractivity contribution in [2.45, 2.75) is 6.92 Å². The number of hydrogen-bond donors (Lipinski definition) is 0. The molecule has 0 atom stereocenters. The van der Waals surface area contributed by atoms with Gasteiger partial charge in [0.15, 0.2) is 0 Å². The van der Waals surface area contributed by atoms with Crippen LogP contribution in [0.25, 0.3) is 6.08 Å². The molecule has 0 heterocycles. The number of benzene rings is 1. The molecule has 18 heavy (non-hydrogen) atoms. The Balaban J connectivity index is 2.50. The van der Waals surface area contributed by atoms with E-state index in [9.17, 15) is 9.59 Å². The normalized spacial score (nSPS) is 10.3. The summed E-state index contributed by atoms with van der Waals surface area (Å²) < 4.78 is 4.77. The van der Waals surface area contributed by atoms with Gasteiger partial charge in [0.2, 0.25) is 5.91 Å². The average Bonchev–Trinajstić information content (AvgIpc) is 2.37. The van der Waals surface area contributed by atoms with E-state index in [4.69, 9.17) is 4.74 Å². The minimum absolute atomic E-state index is 0.0359. The van der Waals surface area contributed by atoms with Crippen molar-refractivity contribution in [2.24, 2.45) is 0 Å². The molecule has 1 aromatic rings. The highest BCUT2D eigenvalue weighted by atomic mass is 16.5. The summed E-state index contributed by atoms with van der Waals surface area (Å²) in [5.41, 5.74) is 0.940. The van der Waals surface area contributed by atoms with Gasteiger partial charge in [-0.1, -0.05) is 30.3 Å². The Morgan fingerprint density at radius 3 is 2.56 bits per heavy atom. The van der Waals surface area contributed by atoms with Gasteiger partial charge < -0.3 is 9.64 Å². The molecule has 0 N–H and O–H groups in total. The van der Waals surface area contributed by atoms with Gasteiger partial charge in [-0.3, -0.25) is 9.59 Å². The second kappa shape index (κ2) is 7.27. The van der Waals surface area contributed by atoms with Crippen LogP contribution in [0.1, 0.15) is 12.5 Å². The molecule has 1 aromatic carbocycles. The van der Waals surface area contributed by atoms with E-state index in [1.807, 2.05) is 30.3 Å². The molecule has 0 aromatic heterocycles. The summed E-state index contributed by atoms with van der Waals surface area (Å²) in [7, 11) is 1.56.